The van der Waals surface area contributed by atoms with E-state index in [1.807, 2.05) is 6.92 Å². The summed E-state index contributed by atoms with van der Waals surface area (Å²) in [5, 5.41) is -0.0450. The fraction of sp³-hybridized carbons (Fsp3) is 0.562. The molecule has 0 aliphatic heterocycles. The minimum atomic E-state index is -0.0450. The molecule has 0 N–H and O–H groups in total. The van der Waals surface area contributed by atoms with Crippen molar-refractivity contribution in [1.29, 1.82) is 0 Å². The molecule has 0 bridgehead atoms. The van der Waals surface area contributed by atoms with Gasteiger partial charge >= 0.3 is 0 Å². The predicted octanol–water partition coefficient (Wildman–Crippen LogP) is 4.83. The van der Waals surface area contributed by atoms with E-state index < -0.39 is 0 Å². The first-order chi connectivity index (χ1) is 8.98. The lowest BCUT2D eigenvalue weighted by molar-refractivity contribution is 0.132. The van der Waals surface area contributed by atoms with Gasteiger partial charge in [-0.05, 0) is 49.8 Å². The zero-order chi connectivity index (χ0) is 13.6. The summed E-state index contributed by atoms with van der Waals surface area (Å²) in [4.78, 5) is 4.75. The fourth-order valence-corrected chi connectivity index (χ4v) is 3.22. The SMILES string of the molecule is Cc1ccc2c(c1)nc(C(C)Cl)n2CC1(C)CCC1. The van der Waals surface area contributed by atoms with Crippen LogP contribution in [0.25, 0.3) is 11.0 Å². The lowest BCUT2D eigenvalue weighted by Gasteiger charge is -2.39. The first kappa shape index (κ1) is 13.0. The van der Waals surface area contributed by atoms with Crippen molar-refractivity contribution in [3.63, 3.8) is 0 Å². The van der Waals surface area contributed by atoms with Crippen LogP contribution < -0.4 is 0 Å². The predicted molar refractivity (Wildman–Crippen MR) is 80.7 cm³/mol. The van der Waals surface area contributed by atoms with Crippen molar-refractivity contribution in [2.45, 2.75) is 52.0 Å². The number of fused-ring (bicyclic) bond motifs is 1. The van der Waals surface area contributed by atoms with E-state index in [0.29, 0.717) is 5.41 Å². The summed E-state index contributed by atoms with van der Waals surface area (Å²) in [6.45, 7) is 7.53. The molecule has 2 aromatic rings. The highest BCUT2D eigenvalue weighted by atomic mass is 35.5. The largest absolute Gasteiger partial charge is 0.326 e. The lowest BCUT2D eigenvalue weighted by atomic mass is 9.70. The van der Waals surface area contributed by atoms with Gasteiger partial charge in [0.2, 0.25) is 0 Å². The van der Waals surface area contributed by atoms with Gasteiger partial charge < -0.3 is 4.57 Å². The Morgan fingerprint density at radius 3 is 2.74 bits per heavy atom. The Morgan fingerprint density at radius 1 is 1.42 bits per heavy atom. The summed E-state index contributed by atoms with van der Waals surface area (Å²) in [6, 6.07) is 6.49. The van der Waals surface area contributed by atoms with E-state index in [1.165, 1.54) is 30.3 Å². The zero-order valence-corrected chi connectivity index (χ0v) is 12.7. The van der Waals surface area contributed by atoms with Crippen LogP contribution in [-0.4, -0.2) is 9.55 Å². The van der Waals surface area contributed by atoms with Crippen LogP contribution in [0.2, 0.25) is 0 Å². The molecule has 2 nitrogen and oxygen atoms in total. The molecule has 0 saturated heterocycles. The third kappa shape index (κ3) is 2.27. The molecule has 1 aliphatic rings. The van der Waals surface area contributed by atoms with Crippen molar-refractivity contribution in [2.75, 3.05) is 0 Å². The molecule has 1 fully saturated rings. The number of halogens is 1. The summed E-state index contributed by atoms with van der Waals surface area (Å²) >= 11 is 6.33. The zero-order valence-electron chi connectivity index (χ0n) is 11.9. The van der Waals surface area contributed by atoms with Crippen LogP contribution in [0.4, 0.5) is 0 Å². The van der Waals surface area contributed by atoms with Gasteiger partial charge in [-0.3, -0.25) is 0 Å². The Kier molecular flexibility index (Phi) is 3.09. The molecular weight excluding hydrogens is 256 g/mol. The minimum Gasteiger partial charge on any atom is -0.326 e. The van der Waals surface area contributed by atoms with Crippen LogP contribution in [0.3, 0.4) is 0 Å². The number of aryl methyl sites for hydroxylation is 1. The number of nitrogens with zero attached hydrogens (tertiary/aromatic N) is 2. The van der Waals surface area contributed by atoms with Gasteiger partial charge in [0.25, 0.3) is 0 Å². The third-order valence-electron chi connectivity index (χ3n) is 4.39. The number of imidazole rings is 1. The normalized spacial score (nSPS) is 19.4. The van der Waals surface area contributed by atoms with Crippen LogP contribution in [0, 0.1) is 12.3 Å². The third-order valence-corrected chi connectivity index (χ3v) is 4.58. The Balaban J connectivity index is 2.11. The van der Waals surface area contributed by atoms with E-state index >= 15 is 0 Å². The molecule has 1 unspecified atom stereocenters. The average Bonchev–Trinajstić information content (AvgIpc) is 2.65. The van der Waals surface area contributed by atoms with Gasteiger partial charge in [0.05, 0.1) is 16.4 Å². The standard InChI is InChI=1S/C16H21ClN2/c1-11-5-6-14-13(9-11)18-15(12(2)17)19(14)10-16(3)7-4-8-16/h5-6,9,12H,4,7-8,10H2,1-3H3. The summed E-state index contributed by atoms with van der Waals surface area (Å²) in [7, 11) is 0. The maximum atomic E-state index is 6.33. The van der Waals surface area contributed by atoms with Gasteiger partial charge in [0.15, 0.2) is 0 Å². The molecule has 1 aromatic carbocycles. The summed E-state index contributed by atoms with van der Waals surface area (Å²) in [5.74, 6) is 1.01. The maximum Gasteiger partial charge on any atom is 0.127 e. The van der Waals surface area contributed by atoms with Crippen LogP contribution >= 0.6 is 11.6 Å². The average molecular weight is 277 g/mol. The van der Waals surface area contributed by atoms with Crippen molar-refractivity contribution in [3.8, 4) is 0 Å². The first-order valence-electron chi connectivity index (χ1n) is 7.09. The van der Waals surface area contributed by atoms with Gasteiger partial charge in [0.1, 0.15) is 5.82 Å². The van der Waals surface area contributed by atoms with Crippen LogP contribution in [0.5, 0.6) is 0 Å². The van der Waals surface area contributed by atoms with E-state index in [4.69, 9.17) is 16.6 Å². The number of aromatic nitrogens is 2. The molecule has 0 radical (unpaired) electrons. The van der Waals surface area contributed by atoms with Gasteiger partial charge in [-0.15, -0.1) is 11.6 Å². The number of rotatable bonds is 3. The quantitative estimate of drug-likeness (QED) is 0.734. The Bertz CT molecular complexity index is 608. The molecule has 0 spiro atoms. The first-order valence-corrected chi connectivity index (χ1v) is 7.53. The highest BCUT2D eigenvalue weighted by molar-refractivity contribution is 6.20. The molecule has 1 aromatic heterocycles. The Hall–Kier alpha value is -1.02. The summed E-state index contributed by atoms with van der Waals surface area (Å²) < 4.78 is 2.34. The van der Waals surface area contributed by atoms with E-state index in [1.54, 1.807) is 0 Å². The second kappa shape index (κ2) is 4.52. The van der Waals surface area contributed by atoms with Crippen molar-refractivity contribution >= 4 is 22.6 Å². The van der Waals surface area contributed by atoms with E-state index in [0.717, 1.165) is 17.9 Å². The van der Waals surface area contributed by atoms with Crippen molar-refractivity contribution in [3.05, 3.63) is 29.6 Å². The molecular formula is C16H21ClN2. The smallest absolute Gasteiger partial charge is 0.127 e. The van der Waals surface area contributed by atoms with Gasteiger partial charge in [-0.25, -0.2) is 4.98 Å². The molecule has 0 amide bonds. The van der Waals surface area contributed by atoms with E-state index in [9.17, 15) is 0 Å². The Morgan fingerprint density at radius 2 is 2.16 bits per heavy atom. The summed E-state index contributed by atoms with van der Waals surface area (Å²) in [6.07, 6.45) is 3.98. The molecule has 1 saturated carbocycles. The highest BCUT2D eigenvalue weighted by Gasteiger charge is 2.33. The van der Waals surface area contributed by atoms with Crippen molar-refractivity contribution in [2.24, 2.45) is 5.41 Å². The molecule has 3 heteroatoms. The van der Waals surface area contributed by atoms with E-state index in [-0.39, 0.29) is 5.38 Å². The number of alkyl halides is 1. The highest BCUT2D eigenvalue weighted by Crippen LogP contribution is 2.43. The van der Waals surface area contributed by atoms with Gasteiger partial charge in [0, 0.05) is 6.54 Å². The molecule has 1 atom stereocenters. The number of hydrogen-bond donors (Lipinski definition) is 0. The second-order valence-electron chi connectivity index (χ2n) is 6.33. The number of hydrogen-bond acceptors (Lipinski definition) is 1. The minimum absolute atomic E-state index is 0.0450. The topological polar surface area (TPSA) is 17.8 Å². The fourth-order valence-electron chi connectivity index (χ4n) is 3.05. The summed E-state index contributed by atoms with van der Waals surface area (Å²) in [5.41, 5.74) is 3.98. The van der Waals surface area contributed by atoms with Crippen LogP contribution in [0.1, 0.15) is 49.9 Å². The Labute approximate surface area is 119 Å². The van der Waals surface area contributed by atoms with Crippen LogP contribution in [-0.2, 0) is 6.54 Å². The maximum absolute atomic E-state index is 6.33. The molecule has 1 heterocycles. The monoisotopic (exact) mass is 276 g/mol. The lowest BCUT2D eigenvalue weighted by Crippen LogP contribution is -2.31. The van der Waals surface area contributed by atoms with E-state index in [2.05, 4.69) is 36.6 Å². The van der Waals surface area contributed by atoms with Gasteiger partial charge in [-0.1, -0.05) is 19.4 Å². The second-order valence-corrected chi connectivity index (χ2v) is 6.98. The molecule has 3 rings (SSSR count). The van der Waals surface area contributed by atoms with Crippen molar-refractivity contribution in [1.82, 2.24) is 9.55 Å². The molecule has 1 aliphatic carbocycles. The molecule has 102 valence electrons. The van der Waals surface area contributed by atoms with Crippen molar-refractivity contribution < 1.29 is 0 Å². The molecule has 19 heavy (non-hydrogen) atoms. The van der Waals surface area contributed by atoms with Gasteiger partial charge in [-0.2, -0.15) is 0 Å². The number of benzene rings is 1. The van der Waals surface area contributed by atoms with Crippen LogP contribution in [0.15, 0.2) is 18.2 Å².